The third-order valence-electron chi connectivity index (χ3n) is 4.59. The molecule has 0 spiro atoms. The fourth-order valence-corrected chi connectivity index (χ4v) is 3.07. The number of benzene rings is 2. The topological polar surface area (TPSA) is 63.0 Å². The monoisotopic (exact) mass is 352 g/mol. The number of phenolic OH excluding ortho intramolecular Hbond substituents is 1. The van der Waals surface area contributed by atoms with E-state index in [1.165, 1.54) is 36.9 Å². The van der Waals surface area contributed by atoms with E-state index >= 15 is 0 Å². The van der Waals surface area contributed by atoms with E-state index in [-0.39, 0.29) is 5.75 Å². The van der Waals surface area contributed by atoms with Crippen molar-refractivity contribution in [3.63, 3.8) is 0 Å². The quantitative estimate of drug-likeness (QED) is 0.519. The number of unbranched alkanes of at least 4 members (excludes halogenated alkanes) is 5. The molecule has 0 aliphatic carbocycles. The number of anilines is 1. The molecule has 2 N–H and O–H groups in total. The van der Waals surface area contributed by atoms with Gasteiger partial charge in [0.15, 0.2) is 0 Å². The molecule has 3 aromatic rings. The van der Waals surface area contributed by atoms with Crippen molar-refractivity contribution >= 4 is 16.7 Å². The summed E-state index contributed by atoms with van der Waals surface area (Å²) in [7, 11) is 0. The lowest BCUT2D eigenvalue weighted by molar-refractivity contribution is 0.468. The standard InChI is InChI=1S/C21H28N4O/c1-3-4-5-6-7-8-13-22-17-10-12-20(21(26)15-17)25-23-18-11-9-16(2)14-19(18)24-25/h9-12,14-15,22,26H,3-8,13H2,1-2H3. The molecule has 2 aromatic carbocycles. The first-order valence-electron chi connectivity index (χ1n) is 9.58. The van der Waals surface area contributed by atoms with Gasteiger partial charge in [-0.05, 0) is 43.2 Å². The Balaban J connectivity index is 1.60. The van der Waals surface area contributed by atoms with E-state index in [1.54, 1.807) is 6.07 Å². The maximum absolute atomic E-state index is 10.4. The molecule has 0 aliphatic heterocycles. The van der Waals surface area contributed by atoms with Crippen LogP contribution in [0.4, 0.5) is 5.69 Å². The highest BCUT2D eigenvalue weighted by Crippen LogP contribution is 2.25. The van der Waals surface area contributed by atoms with E-state index in [9.17, 15) is 5.11 Å². The van der Waals surface area contributed by atoms with Gasteiger partial charge in [-0.3, -0.25) is 0 Å². The highest BCUT2D eigenvalue weighted by molar-refractivity contribution is 5.75. The first-order chi connectivity index (χ1) is 12.7. The lowest BCUT2D eigenvalue weighted by atomic mass is 10.1. The number of aromatic nitrogens is 3. The first-order valence-corrected chi connectivity index (χ1v) is 9.58. The summed E-state index contributed by atoms with van der Waals surface area (Å²) >= 11 is 0. The van der Waals surface area contributed by atoms with Crippen LogP contribution < -0.4 is 5.32 Å². The number of nitrogens with one attached hydrogen (secondary N) is 1. The fourth-order valence-electron chi connectivity index (χ4n) is 3.07. The summed E-state index contributed by atoms with van der Waals surface area (Å²) < 4.78 is 0. The molecular weight excluding hydrogens is 324 g/mol. The van der Waals surface area contributed by atoms with Gasteiger partial charge in [-0.25, -0.2) is 0 Å². The second-order valence-corrected chi connectivity index (χ2v) is 6.88. The zero-order valence-electron chi connectivity index (χ0n) is 15.7. The van der Waals surface area contributed by atoms with E-state index in [0.29, 0.717) is 5.69 Å². The lowest BCUT2D eigenvalue weighted by Crippen LogP contribution is -2.03. The number of hydrogen-bond donors (Lipinski definition) is 2. The predicted octanol–water partition coefficient (Wildman–Crippen LogP) is 5.21. The van der Waals surface area contributed by atoms with Crippen LogP contribution >= 0.6 is 0 Å². The number of hydrogen-bond acceptors (Lipinski definition) is 4. The van der Waals surface area contributed by atoms with Gasteiger partial charge in [0.05, 0.1) is 0 Å². The molecule has 0 saturated carbocycles. The van der Waals surface area contributed by atoms with Crippen LogP contribution in [0, 0.1) is 6.92 Å². The van der Waals surface area contributed by atoms with Gasteiger partial charge in [-0.1, -0.05) is 45.1 Å². The van der Waals surface area contributed by atoms with Gasteiger partial charge in [-0.2, -0.15) is 0 Å². The summed E-state index contributed by atoms with van der Waals surface area (Å²) in [5.41, 5.74) is 4.30. The smallest absolute Gasteiger partial charge is 0.145 e. The molecule has 26 heavy (non-hydrogen) atoms. The Morgan fingerprint density at radius 3 is 2.50 bits per heavy atom. The summed E-state index contributed by atoms with van der Waals surface area (Å²) in [5, 5.41) is 22.7. The third kappa shape index (κ3) is 4.54. The van der Waals surface area contributed by atoms with E-state index in [4.69, 9.17) is 0 Å². The molecule has 5 heteroatoms. The average molecular weight is 352 g/mol. The zero-order chi connectivity index (χ0) is 18.4. The summed E-state index contributed by atoms with van der Waals surface area (Å²) in [6.07, 6.45) is 7.65. The Labute approximate surface area is 155 Å². The third-order valence-corrected chi connectivity index (χ3v) is 4.59. The van der Waals surface area contributed by atoms with Gasteiger partial charge in [0.25, 0.3) is 0 Å². The van der Waals surface area contributed by atoms with Crippen LogP contribution in [0.1, 0.15) is 51.0 Å². The molecule has 3 rings (SSSR count). The van der Waals surface area contributed by atoms with Crippen LogP contribution in [0.3, 0.4) is 0 Å². The maximum Gasteiger partial charge on any atom is 0.145 e. The van der Waals surface area contributed by atoms with E-state index < -0.39 is 0 Å². The van der Waals surface area contributed by atoms with Crippen LogP contribution in [0.2, 0.25) is 0 Å². The summed E-state index contributed by atoms with van der Waals surface area (Å²) in [6.45, 7) is 5.19. The normalized spacial score (nSPS) is 11.2. The molecule has 1 heterocycles. The summed E-state index contributed by atoms with van der Waals surface area (Å²) in [4.78, 5) is 1.50. The minimum Gasteiger partial charge on any atom is -0.506 e. The molecule has 0 saturated heterocycles. The number of fused-ring (bicyclic) bond motifs is 1. The molecule has 0 radical (unpaired) electrons. The van der Waals surface area contributed by atoms with Gasteiger partial charge in [0, 0.05) is 18.3 Å². The van der Waals surface area contributed by atoms with Crippen LogP contribution in [-0.4, -0.2) is 26.6 Å². The number of aromatic hydroxyl groups is 1. The fraction of sp³-hybridized carbons (Fsp3) is 0.429. The van der Waals surface area contributed by atoms with Crippen LogP contribution in [0.25, 0.3) is 16.7 Å². The van der Waals surface area contributed by atoms with Crippen molar-refractivity contribution in [3.05, 3.63) is 42.0 Å². The summed E-state index contributed by atoms with van der Waals surface area (Å²) in [6, 6.07) is 11.5. The average Bonchev–Trinajstić information content (AvgIpc) is 3.03. The number of nitrogens with zero attached hydrogens (tertiary/aromatic N) is 3. The Hall–Kier alpha value is -2.56. The van der Waals surface area contributed by atoms with Crippen molar-refractivity contribution in [2.45, 2.75) is 52.4 Å². The first kappa shape index (κ1) is 18.2. The lowest BCUT2D eigenvalue weighted by Gasteiger charge is -2.09. The minimum absolute atomic E-state index is 0.176. The van der Waals surface area contributed by atoms with E-state index in [1.807, 2.05) is 37.3 Å². The van der Waals surface area contributed by atoms with Gasteiger partial charge >= 0.3 is 0 Å². The van der Waals surface area contributed by atoms with Crippen LogP contribution in [0.15, 0.2) is 36.4 Å². The molecule has 0 atom stereocenters. The van der Waals surface area contributed by atoms with Crippen LogP contribution in [-0.2, 0) is 0 Å². The Bertz CT molecular complexity index is 856. The molecular formula is C21H28N4O. The Kier molecular flexibility index (Phi) is 6.10. The van der Waals surface area contributed by atoms with E-state index in [0.717, 1.165) is 35.2 Å². The van der Waals surface area contributed by atoms with Crippen molar-refractivity contribution in [2.75, 3.05) is 11.9 Å². The summed E-state index contributed by atoms with van der Waals surface area (Å²) in [5.74, 6) is 0.176. The molecule has 0 aliphatic rings. The Morgan fingerprint density at radius 1 is 0.923 bits per heavy atom. The highest BCUT2D eigenvalue weighted by Gasteiger charge is 2.09. The highest BCUT2D eigenvalue weighted by atomic mass is 16.3. The van der Waals surface area contributed by atoms with Crippen molar-refractivity contribution in [3.8, 4) is 11.4 Å². The predicted molar refractivity (Wildman–Crippen MR) is 107 cm³/mol. The maximum atomic E-state index is 10.4. The van der Waals surface area contributed by atoms with Crippen LogP contribution in [0.5, 0.6) is 5.75 Å². The van der Waals surface area contributed by atoms with Crippen molar-refractivity contribution < 1.29 is 5.11 Å². The molecule has 1 aromatic heterocycles. The van der Waals surface area contributed by atoms with E-state index in [2.05, 4.69) is 22.4 Å². The molecule has 138 valence electrons. The van der Waals surface area contributed by atoms with Crippen molar-refractivity contribution in [1.29, 1.82) is 0 Å². The number of rotatable bonds is 9. The van der Waals surface area contributed by atoms with Crippen molar-refractivity contribution in [2.24, 2.45) is 0 Å². The Morgan fingerprint density at radius 2 is 1.69 bits per heavy atom. The second-order valence-electron chi connectivity index (χ2n) is 6.88. The minimum atomic E-state index is 0.176. The number of phenols is 1. The second kappa shape index (κ2) is 8.70. The molecule has 5 nitrogen and oxygen atoms in total. The largest absolute Gasteiger partial charge is 0.506 e. The SMILES string of the molecule is CCCCCCCCNc1ccc(-n2nc3ccc(C)cc3n2)c(O)c1. The zero-order valence-corrected chi connectivity index (χ0v) is 15.7. The molecule has 0 amide bonds. The number of aryl methyl sites for hydroxylation is 1. The molecule has 0 unspecified atom stereocenters. The molecule has 0 fully saturated rings. The van der Waals surface area contributed by atoms with Crippen molar-refractivity contribution in [1.82, 2.24) is 15.0 Å². The van der Waals surface area contributed by atoms with Gasteiger partial charge in [0.1, 0.15) is 22.5 Å². The van der Waals surface area contributed by atoms with Gasteiger partial charge in [-0.15, -0.1) is 15.0 Å². The molecule has 0 bridgehead atoms. The van der Waals surface area contributed by atoms with Gasteiger partial charge in [0.2, 0.25) is 0 Å². The van der Waals surface area contributed by atoms with Gasteiger partial charge < -0.3 is 10.4 Å².